The number of halogens is 1. The molecular weight excluding hydrogens is 359 g/mol. The first-order valence-corrected chi connectivity index (χ1v) is 8.92. The van der Waals surface area contributed by atoms with Crippen LogP contribution in [0, 0.1) is 5.82 Å². The topological polar surface area (TPSA) is 71.5 Å². The number of anilines is 1. The second-order valence-corrected chi connectivity index (χ2v) is 6.80. The van der Waals surface area contributed by atoms with Gasteiger partial charge >= 0.3 is 0 Å². The van der Waals surface area contributed by atoms with Gasteiger partial charge in [0.15, 0.2) is 0 Å². The second-order valence-electron chi connectivity index (χ2n) is 6.80. The quantitative estimate of drug-likeness (QED) is 0.715. The Morgan fingerprint density at radius 3 is 2.43 bits per heavy atom. The molecule has 0 radical (unpaired) electrons. The Hall–Kier alpha value is -3.09. The normalized spacial score (nSPS) is 14.9. The lowest BCUT2D eigenvalue weighted by Gasteiger charge is -2.40. The largest absolute Gasteiger partial charge is 0.392 e. The molecule has 0 spiro atoms. The van der Waals surface area contributed by atoms with Crippen LogP contribution in [0.4, 0.5) is 10.1 Å². The van der Waals surface area contributed by atoms with Crippen LogP contribution in [0.15, 0.2) is 67.0 Å². The minimum atomic E-state index is -0.776. The Morgan fingerprint density at radius 1 is 1.11 bits per heavy atom. The van der Waals surface area contributed by atoms with Gasteiger partial charge in [0.05, 0.1) is 19.8 Å². The maximum atomic E-state index is 13.1. The molecule has 6 heteroatoms. The van der Waals surface area contributed by atoms with Crippen molar-refractivity contribution >= 4 is 11.6 Å². The van der Waals surface area contributed by atoms with Gasteiger partial charge in [-0.1, -0.05) is 24.3 Å². The SMILES string of the molecule is O=C(Nc1ccc(F)cc1)C1(c2ccc(-c3cnccc3CO)cc2)COC1. The van der Waals surface area contributed by atoms with E-state index in [1.165, 1.54) is 24.3 Å². The maximum Gasteiger partial charge on any atom is 0.239 e. The van der Waals surface area contributed by atoms with Gasteiger partial charge in [0.1, 0.15) is 11.2 Å². The zero-order valence-electron chi connectivity index (χ0n) is 15.1. The Morgan fingerprint density at radius 2 is 1.82 bits per heavy atom. The monoisotopic (exact) mass is 378 g/mol. The molecule has 1 fully saturated rings. The molecule has 142 valence electrons. The number of nitrogens with zero attached hydrogens (tertiary/aromatic N) is 1. The van der Waals surface area contributed by atoms with Gasteiger partial charge < -0.3 is 15.2 Å². The van der Waals surface area contributed by atoms with Crippen LogP contribution in [-0.4, -0.2) is 29.2 Å². The summed E-state index contributed by atoms with van der Waals surface area (Å²) in [6.07, 6.45) is 3.36. The van der Waals surface area contributed by atoms with Crippen LogP contribution in [-0.2, 0) is 21.6 Å². The predicted molar refractivity (Wildman–Crippen MR) is 103 cm³/mol. The Kier molecular flexibility index (Phi) is 4.90. The van der Waals surface area contributed by atoms with Crippen molar-refractivity contribution < 1.29 is 19.0 Å². The van der Waals surface area contributed by atoms with E-state index in [0.717, 1.165) is 22.3 Å². The zero-order valence-corrected chi connectivity index (χ0v) is 15.1. The van der Waals surface area contributed by atoms with Crippen molar-refractivity contribution in [2.75, 3.05) is 18.5 Å². The maximum absolute atomic E-state index is 13.1. The van der Waals surface area contributed by atoms with E-state index >= 15 is 0 Å². The fourth-order valence-electron chi connectivity index (χ4n) is 3.31. The second kappa shape index (κ2) is 7.50. The number of nitrogens with one attached hydrogen (secondary N) is 1. The van der Waals surface area contributed by atoms with Crippen LogP contribution in [0.25, 0.3) is 11.1 Å². The minimum Gasteiger partial charge on any atom is -0.392 e. The standard InChI is InChI=1S/C22H19FN2O3/c23-18-5-7-19(8-6-18)25-21(27)22(13-28-14-22)17-3-1-15(2-4-17)20-11-24-10-9-16(20)12-26/h1-11,26H,12-14H2,(H,25,27). The first-order valence-electron chi connectivity index (χ1n) is 8.92. The average molecular weight is 378 g/mol. The summed E-state index contributed by atoms with van der Waals surface area (Å²) < 4.78 is 18.4. The third kappa shape index (κ3) is 3.28. The molecule has 0 unspecified atom stereocenters. The minimum absolute atomic E-state index is 0.0720. The third-order valence-corrected chi connectivity index (χ3v) is 5.06. The van der Waals surface area contributed by atoms with Crippen molar-refractivity contribution in [1.29, 1.82) is 0 Å². The molecule has 1 aliphatic rings. The van der Waals surface area contributed by atoms with Crippen LogP contribution >= 0.6 is 0 Å². The summed E-state index contributed by atoms with van der Waals surface area (Å²) in [5.41, 5.74) is 3.16. The summed E-state index contributed by atoms with van der Waals surface area (Å²) in [6.45, 7) is 0.500. The van der Waals surface area contributed by atoms with Gasteiger partial charge in [-0.05, 0) is 47.0 Å². The molecule has 2 heterocycles. The third-order valence-electron chi connectivity index (χ3n) is 5.06. The first-order chi connectivity index (χ1) is 13.6. The van der Waals surface area contributed by atoms with Crippen LogP contribution in [0.5, 0.6) is 0 Å². The summed E-state index contributed by atoms with van der Waals surface area (Å²) in [6, 6.07) is 15.1. The lowest BCUT2D eigenvalue weighted by molar-refractivity contribution is -0.139. The van der Waals surface area contributed by atoms with Crippen LogP contribution in [0.1, 0.15) is 11.1 Å². The predicted octanol–water partition coefficient (Wildman–Crippen LogP) is 3.29. The van der Waals surface area contributed by atoms with Crippen molar-refractivity contribution in [3.8, 4) is 11.1 Å². The number of aromatic nitrogens is 1. The first kappa shape index (κ1) is 18.3. The summed E-state index contributed by atoms with van der Waals surface area (Å²) in [5.74, 6) is -0.538. The Balaban J connectivity index is 1.59. The highest BCUT2D eigenvalue weighted by atomic mass is 19.1. The molecule has 0 bridgehead atoms. The van der Waals surface area contributed by atoms with Crippen LogP contribution in [0.2, 0.25) is 0 Å². The molecule has 0 atom stereocenters. The van der Waals surface area contributed by atoms with Crippen LogP contribution in [0.3, 0.4) is 0 Å². The van der Waals surface area contributed by atoms with E-state index in [0.29, 0.717) is 5.69 Å². The molecule has 5 nitrogen and oxygen atoms in total. The van der Waals surface area contributed by atoms with E-state index in [2.05, 4.69) is 10.3 Å². The number of pyridine rings is 1. The molecule has 2 N–H and O–H groups in total. The molecular formula is C22H19FN2O3. The number of hydrogen-bond acceptors (Lipinski definition) is 4. The number of hydrogen-bond donors (Lipinski definition) is 2. The number of aliphatic hydroxyl groups is 1. The fraction of sp³-hybridized carbons (Fsp3) is 0.182. The summed E-state index contributed by atoms with van der Waals surface area (Å²) in [4.78, 5) is 17.1. The highest BCUT2D eigenvalue weighted by Gasteiger charge is 2.47. The molecule has 1 saturated heterocycles. The van der Waals surface area contributed by atoms with Gasteiger partial charge in [-0.2, -0.15) is 0 Å². The molecule has 1 aromatic heterocycles. The van der Waals surface area contributed by atoms with Gasteiger partial charge in [-0.15, -0.1) is 0 Å². The molecule has 4 rings (SSSR count). The van der Waals surface area contributed by atoms with Crippen molar-refractivity contribution in [3.63, 3.8) is 0 Å². The molecule has 2 aromatic carbocycles. The number of carbonyl (C=O) groups is 1. The molecule has 0 saturated carbocycles. The molecule has 1 aliphatic heterocycles. The Labute approximate surface area is 161 Å². The van der Waals surface area contributed by atoms with E-state index in [1.807, 2.05) is 24.3 Å². The van der Waals surface area contributed by atoms with Crippen LogP contribution < -0.4 is 5.32 Å². The molecule has 0 aliphatic carbocycles. The van der Waals surface area contributed by atoms with Gasteiger partial charge in [0.2, 0.25) is 5.91 Å². The summed E-state index contributed by atoms with van der Waals surface area (Å²) >= 11 is 0. The van der Waals surface area contributed by atoms with Gasteiger partial charge in [0.25, 0.3) is 0 Å². The van der Waals surface area contributed by atoms with Crippen molar-refractivity contribution in [2.24, 2.45) is 0 Å². The molecule has 1 amide bonds. The van der Waals surface area contributed by atoms with E-state index in [1.54, 1.807) is 18.5 Å². The zero-order chi connectivity index (χ0) is 19.6. The number of ether oxygens (including phenoxy) is 1. The highest BCUT2D eigenvalue weighted by molar-refractivity contribution is 6.00. The number of amides is 1. The smallest absolute Gasteiger partial charge is 0.239 e. The summed E-state index contributed by atoms with van der Waals surface area (Å²) in [7, 11) is 0. The molecule has 28 heavy (non-hydrogen) atoms. The van der Waals surface area contributed by atoms with Gasteiger partial charge in [0, 0.05) is 23.6 Å². The number of benzene rings is 2. The van der Waals surface area contributed by atoms with Crippen molar-refractivity contribution in [3.05, 3.63) is 83.9 Å². The lowest BCUT2D eigenvalue weighted by atomic mass is 9.77. The molecule has 3 aromatic rings. The van der Waals surface area contributed by atoms with E-state index in [9.17, 15) is 14.3 Å². The highest BCUT2D eigenvalue weighted by Crippen LogP contribution is 2.35. The number of aliphatic hydroxyl groups excluding tert-OH is 1. The number of carbonyl (C=O) groups excluding carboxylic acids is 1. The van der Waals surface area contributed by atoms with E-state index < -0.39 is 5.41 Å². The summed E-state index contributed by atoms with van der Waals surface area (Å²) in [5, 5.41) is 12.4. The Bertz CT molecular complexity index is 983. The van der Waals surface area contributed by atoms with Gasteiger partial charge in [-0.25, -0.2) is 4.39 Å². The van der Waals surface area contributed by atoms with Crippen molar-refractivity contribution in [1.82, 2.24) is 4.98 Å². The number of rotatable bonds is 5. The lowest BCUT2D eigenvalue weighted by Crippen LogP contribution is -2.55. The fourth-order valence-corrected chi connectivity index (χ4v) is 3.31. The average Bonchev–Trinajstić information content (AvgIpc) is 2.69. The van der Waals surface area contributed by atoms with E-state index in [-0.39, 0.29) is 31.5 Å². The van der Waals surface area contributed by atoms with E-state index in [4.69, 9.17) is 4.74 Å². The van der Waals surface area contributed by atoms with Gasteiger partial charge in [-0.3, -0.25) is 9.78 Å². The van der Waals surface area contributed by atoms with Crippen molar-refractivity contribution in [2.45, 2.75) is 12.0 Å².